The van der Waals surface area contributed by atoms with E-state index < -0.39 is 0 Å². The SMILES string of the molecule is CC=O.CCC1CCC1.C[C@@H]1OC(=O)C2CC3CCCCC3[C@H](/C=C/c3ccc(-c4cccc(F)c4)cn3)C21. The zero-order valence-electron chi connectivity index (χ0n) is 23.7. The summed E-state index contributed by atoms with van der Waals surface area (Å²) in [4.78, 5) is 25.8. The fourth-order valence-electron chi connectivity index (χ4n) is 7.04. The van der Waals surface area contributed by atoms with Gasteiger partial charge in [-0.05, 0) is 80.2 Å². The summed E-state index contributed by atoms with van der Waals surface area (Å²) in [6.07, 6.45) is 18.9. The van der Waals surface area contributed by atoms with Crippen LogP contribution in [-0.2, 0) is 14.3 Å². The molecule has 5 heteroatoms. The number of hydrogen-bond donors (Lipinski definition) is 0. The van der Waals surface area contributed by atoms with Gasteiger partial charge in [0.15, 0.2) is 0 Å². The minimum Gasteiger partial charge on any atom is -0.462 e. The van der Waals surface area contributed by atoms with Crippen molar-refractivity contribution in [1.82, 2.24) is 4.98 Å². The Hall–Kier alpha value is -2.82. The van der Waals surface area contributed by atoms with Crippen molar-refractivity contribution in [2.24, 2.45) is 35.5 Å². The molecule has 3 aliphatic carbocycles. The van der Waals surface area contributed by atoms with Crippen molar-refractivity contribution in [3.8, 4) is 11.1 Å². The van der Waals surface area contributed by atoms with Crippen LogP contribution in [0.1, 0.15) is 84.3 Å². The molecule has 1 aromatic carbocycles. The molecule has 39 heavy (non-hydrogen) atoms. The summed E-state index contributed by atoms with van der Waals surface area (Å²) in [7, 11) is 0. The number of halogens is 1. The predicted octanol–water partition coefficient (Wildman–Crippen LogP) is 8.31. The van der Waals surface area contributed by atoms with E-state index in [1.807, 2.05) is 18.2 Å². The van der Waals surface area contributed by atoms with Gasteiger partial charge in [0, 0.05) is 17.7 Å². The number of cyclic esters (lactones) is 1. The van der Waals surface area contributed by atoms with Crippen LogP contribution >= 0.6 is 0 Å². The third-order valence-corrected chi connectivity index (χ3v) is 9.31. The molecule has 4 nitrogen and oxygen atoms in total. The van der Waals surface area contributed by atoms with E-state index in [0.29, 0.717) is 17.8 Å². The summed E-state index contributed by atoms with van der Waals surface area (Å²) >= 11 is 0. The molecule has 0 bridgehead atoms. The van der Waals surface area contributed by atoms with Crippen LogP contribution in [0.25, 0.3) is 17.2 Å². The molecule has 1 aromatic heterocycles. The minimum atomic E-state index is -0.243. The Bertz CT molecular complexity index is 1110. The maximum Gasteiger partial charge on any atom is 0.309 e. The Morgan fingerprint density at radius 1 is 1.05 bits per heavy atom. The van der Waals surface area contributed by atoms with Crippen LogP contribution < -0.4 is 0 Å². The van der Waals surface area contributed by atoms with Gasteiger partial charge >= 0.3 is 5.97 Å². The van der Waals surface area contributed by atoms with Crippen LogP contribution in [0.5, 0.6) is 0 Å². The first kappa shape index (κ1) is 29.2. The van der Waals surface area contributed by atoms with Gasteiger partial charge < -0.3 is 9.53 Å². The van der Waals surface area contributed by atoms with Crippen LogP contribution in [0, 0.1) is 41.3 Å². The number of carbonyl (C=O) groups excluding carboxylic acids is 2. The average molecular weight is 534 g/mol. The molecule has 0 amide bonds. The van der Waals surface area contributed by atoms with E-state index >= 15 is 0 Å². The molecule has 0 N–H and O–H groups in total. The van der Waals surface area contributed by atoms with Crippen molar-refractivity contribution in [1.29, 1.82) is 0 Å². The van der Waals surface area contributed by atoms with Crippen molar-refractivity contribution in [3.05, 3.63) is 60.2 Å². The van der Waals surface area contributed by atoms with Gasteiger partial charge in [0.1, 0.15) is 18.2 Å². The number of fused-ring (bicyclic) bond motifs is 2. The molecular weight excluding hydrogens is 489 g/mol. The van der Waals surface area contributed by atoms with Crippen molar-refractivity contribution in [2.45, 2.75) is 84.7 Å². The first-order chi connectivity index (χ1) is 18.9. The molecule has 4 unspecified atom stereocenters. The topological polar surface area (TPSA) is 56.3 Å². The highest BCUT2D eigenvalue weighted by Gasteiger charge is 2.53. The van der Waals surface area contributed by atoms with Crippen molar-refractivity contribution >= 4 is 18.3 Å². The quantitative estimate of drug-likeness (QED) is 0.293. The average Bonchev–Trinajstić information content (AvgIpc) is 3.20. The van der Waals surface area contributed by atoms with Gasteiger partial charge in [-0.1, -0.05) is 76.1 Å². The number of aromatic nitrogens is 1. The number of ether oxygens (including phenoxy) is 1. The third kappa shape index (κ3) is 7.23. The van der Waals surface area contributed by atoms with Crippen LogP contribution in [0.2, 0.25) is 0 Å². The van der Waals surface area contributed by atoms with E-state index in [-0.39, 0.29) is 29.7 Å². The molecule has 0 spiro atoms. The number of hydrogen-bond acceptors (Lipinski definition) is 4. The van der Waals surface area contributed by atoms with Crippen LogP contribution in [0.4, 0.5) is 4.39 Å². The van der Waals surface area contributed by atoms with Gasteiger partial charge in [-0.2, -0.15) is 0 Å². The van der Waals surface area contributed by atoms with Gasteiger partial charge in [-0.15, -0.1) is 0 Å². The Morgan fingerprint density at radius 3 is 2.44 bits per heavy atom. The van der Waals surface area contributed by atoms with Gasteiger partial charge in [0.05, 0.1) is 11.6 Å². The highest BCUT2D eigenvalue weighted by Crippen LogP contribution is 2.53. The number of nitrogens with zero attached hydrogens (tertiary/aromatic N) is 1. The maximum atomic E-state index is 13.5. The Balaban J connectivity index is 0.000000337. The fraction of sp³-hybridized carbons (Fsp3) is 0.559. The minimum absolute atomic E-state index is 0.00694. The summed E-state index contributed by atoms with van der Waals surface area (Å²) in [5.41, 5.74) is 2.62. The van der Waals surface area contributed by atoms with Gasteiger partial charge in [0.25, 0.3) is 0 Å². The zero-order chi connectivity index (χ0) is 27.8. The number of benzene rings is 1. The van der Waals surface area contributed by atoms with Crippen molar-refractivity contribution < 1.29 is 18.7 Å². The van der Waals surface area contributed by atoms with Gasteiger partial charge in [-0.3, -0.25) is 9.78 Å². The van der Waals surface area contributed by atoms with E-state index in [1.54, 1.807) is 12.3 Å². The van der Waals surface area contributed by atoms with E-state index in [4.69, 9.17) is 9.53 Å². The van der Waals surface area contributed by atoms with E-state index in [0.717, 1.165) is 35.4 Å². The Labute approximate surface area is 233 Å². The molecule has 2 aromatic rings. The lowest BCUT2D eigenvalue weighted by molar-refractivity contribution is -0.144. The highest BCUT2D eigenvalue weighted by molar-refractivity contribution is 5.75. The second-order valence-electron chi connectivity index (χ2n) is 11.6. The first-order valence-corrected chi connectivity index (χ1v) is 15.0. The van der Waals surface area contributed by atoms with E-state index in [1.165, 1.54) is 70.4 Å². The molecule has 3 saturated carbocycles. The maximum absolute atomic E-state index is 13.5. The predicted molar refractivity (Wildman–Crippen MR) is 154 cm³/mol. The normalized spacial score (nSPS) is 29.5. The lowest BCUT2D eigenvalue weighted by Gasteiger charge is -2.45. The molecule has 1 aliphatic heterocycles. The van der Waals surface area contributed by atoms with Crippen LogP contribution in [0.3, 0.4) is 0 Å². The second-order valence-corrected chi connectivity index (χ2v) is 11.6. The molecule has 4 aliphatic rings. The zero-order valence-corrected chi connectivity index (χ0v) is 23.7. The van der Waals surface area contributed by atoms with E-state index in [2.05, 4.69) is 31.0 Å². The largest absolute Gasteiger partial charge is 0.462 e. The number of esters is 1. The number of pyridine rings is 1. The molecule has 1 saturated heterocycles. The smallest absolute Gasteiger partial charge is 0.309 e. The van der Waals surface area contributed by atoms with Crippen LogP contribution in [-0.4, -0.2) is 23.3 Å². The first-order valence-electron chi connectivity index (χ1n) is 15.0. The highest BCUT2D eigenvalue weighted by atomic mass is 19.1. The third-order valence-electron chi connectivity index (χ3n) is 9.31. The summed E-state index contributed by atoms with van der Waals surface area (Å²) in [5, 5.41) is 0. The molecule has 4 fully saturated rings. The molecule has 2 heterocycles. The molecule has 6 atom stereocenters. The number of rotatable bonds is 4. The van der Waals surface area contributed by atoms with E-state index in [9.17, 15) is 9.18 Å². The van der Waals surface area contributed by atoms with Crippen molar-refractivity contribution in [3.63, 3.8) is 0 Å². The Kier molecular flexibility index (Phi) is 10.5. The summed E-state index contributed by atoms with van der Waals surface area (Å²) in [6, 6.07) is 10.5. The standard InChI is InChI=1S/C26H28FNO2.C6H12.C2H4O/c1-16-25-23(22-8-3-2-5-18(22)14-24(25)26(29)30-16)12-11-21-10-9-19(15-28-21)17-6-4-7-20(27)13-17;1-2-6-4-3-5-6;1-2-3/h4,6-7,9-13,15-16,18,22-25H,2-3,5,8,14H2,1H3;6H,2-5H2,1H3;2H,1H3/b12-11+;;/t16-,18?,22?,23-,24?,25?;;/m0../s1. The number of carbonyl (C=O) groups is 2. The lowest BCUT2D eigenvalue weighted by atomic mass is 9.57. The summed E-state index contributed by atoms with van der Waals surface area (Å²) in [5.74, 6) is 2.85. The Morgan fingerprint density at radius 2 is 1.82 bits per heavy atom. The molecular formula is C34H44FNO3. The summed E-state index contributed by atoms with van der Waals surface area (Å²) in [6.45, 7) is 5.78. The molecule has 0 radical (unpaired) electrons. The van der Waals surface area contributed by atoms with Gasteiger partial charge in [0.2, 0.25) is 0 Å². The van der Waals surface area contributed by atoms with Crippen LogP contribution in [0.15, 0.2) is 48.7 Å². The molecule has 210 valence electrons. The monoisotopic (exact) mass is 533 g/mol. The fourth-order valence-corrected chi connectivity index (χ4v) is 7.04. The molecule has 6 rings (SSSR count). The summed E-state index contributed by atoms with van der Waals surface area (Å²) < 4.78 is 19.1. The number of aldehydes is 1. The van der Waals surface area contributed by atoms with Gasteiger partial charge in [-0.25, -0.2) is 4.39 Å². The number of allylic oxidation sites excluding steroid dienone is 1. The van der Waals surface area contributed by atoms with Crippen molar-refractivity contribution in [2.75, 3.05) is 0 Å². The second kappa shape index (κ2) is 14.0. The lowest BCUT2D eigenvalue weighted by Crippen LogP contribution is -2.42.